The van der Waals surface area contributed by atoms with Crippen molar-refractivity contribution in [2.75, 3.05) is 0 Å². The lowest BCUT2D eigenvalue weighted by molar-refractivity contribution is -0.178. The predicted octanol–water partition coefficient (Wildman–Crippen LogP) is 3.18. The third-order valence-electron chi connectivity index (χ3n) is 4.84. The smallest absolute Gasteiger partial charge is 0.317 e. The highest BCUT2D eigenvalue weighted by Crippen LogP contribution is 2.42. The molecule has 0 radical (unpaired) electrons. The summed E-state index contributed by atoms with van der Waals surface area (Å²) in [7, 11) is 0. The first-order valence-corrected chi connectivity index (χ1v) is 9.92. The van der Waals surface area contributed by atoms with Crippen molar-refractivity contribution in [3.05, 3.63) is 42.0 Å². The van der Waals surface area contributed by atoms with Crippen molar-refractivity contribution in [2.24, 2.45) is 17.8 Å². The zero-order valence-corrected chi connectivity index (χ0v) is 17.6. The zero-order valence-electron chi connectivity index (χ0n) is 17.6. The molecule has 1 N–H and O–H groups in total. The van der Waals surface area contributed by atoms with Crippen molar-refractivity contribution in [1.29, 1.82) is 0 Å². The van der Waals surface area contributed by atoms with Gasteiger partial charge in [0.25, 0.3) is 0 Å². The fourth-order valence-electron chi connectivity index (χ4n) is 3.71. The average molecular weight is 402 g/mol. The van der Waals surface area contributed by atoms with Crippen molar-refractivity contribution in [2.45, 2.75) is 58.8 Å². The second kappa shape index (κ2) is 9.35. The molecule has 29 heavy (non-hydrogen) atoms. The lowest BCUT2D eigenvalue weighted by Gasteiger charge is -2.42. The van der Waals surface area contributed by atoms with Gasteiger partial charge in [0.2, 0.25) is 0 Å². The SMILES string of the molecule is CC(C)OC(=O)[C@H]1C(=O)C[C@](C)(O)[C@@H](C(=O)OC(C)C)[C@@H]1/C=C/c1ccccc1. The van der Waals surface area contributed by atoms with Gasteiger partial charge in [-0.1, -0.05) is 42.5 Å². The first-order valence-electron chi connectivity index (χ1n) is 9.92. The number of benzene rings is 1. The number of hydrogen-bond donors (Lipinski definition) is 1. The van der Waals surface area contributed by atoms with Crippen LogP contribution in [-0.2, 0) is 23.9 Å². The quantitative estimate of drug-likeness (QED) is 0.581. The Morgan fingerprint density at radius 1 is 1.07 bits per heavy atom. The van der Waals surface area contributed by atoms with Crippen LogP contribution in [-0.4, -0.2) is 40.6 Å². The van der Waals surface area contributed by atoms with E-state index in [1.807, 2.05) is 30.3 Å². The van der Waals surface area contributed by atoms with Crippen LogP contribution in [0.2, 0.25) is 0 Å². The van der Waals surface area contributed by atoms with Gasteiger partial charge in [0, 0.05) is 12.3 Å². The number of Topliss-reactive ketones (excluding diaryl/α,β-unsaturated/α-hetero) is 1. The van der Waals surface area contributed by atoms with Crippen LogP contribution in [0.15, 0.2) is 36.4 Å². The van der Waals surface area contributed by atoms with Crippen molar-refractivity contribution in [3.63, 3.8) is 0 Å². The van der Waals surface area contributed by atoms with E-state index in [0.29, 0.717) is 0 Å². The van der Waals surface area contributed by atoms with Gasteiger partial charge < -0.3 is 14.6 Å². The van der Waals surface area contributed by atoms with Gasteiger partial charge in [-0.05, 0) is 40.2 Å². The molecule has 1 saturated carbocycles. The van der Waals surface area contributed by atoms with E-state index in [0.717, 1.165) is 5.56 Å². The fraction of sp³-hybridized carbons (Fsp3) is 0.522. The maximum Gasteiger partial charge on any atom is 0.317 e. The highest BCUT2D eigenvalue weighted by molar-refractivity contribution is 6.02. The third-order valence-corrected chi connectivity index (χ3v) is 4.84. The third kappa shape index (κ3) is 5.76. The van der Waals surface area contributed by atoms with E-state index in [-0.39, 0.29) is 6.42 Å². The van der Waals surface area contributed by atoms with Crippen molar-refractivity contribution in [1.82, 2.24) is 0 Å². The lowest BCUT2D eigenvalue weighted by Crippen LogP contribution is -2.56. The standard InChI is InChI=1S/C23H30O6/c1-14(2)28-21(25)19-17(12-11-16-9-7-6-8-10-16)20(22(26)29-15(3)4)23(5,27)13-18(19)24/h6-12,14-15,17,19-20,27H,13H2,1-5H3/b12-11+/t17-,19-,20-,23+/m1/s1. The van der Waals surface area contributed by atoms with Crippen LogP contribution < -0.4 is 0 Å². The Labute approximate surface area is 171 Å². The van der Waals surface area contributed by atoms with E-state index in [1.54, 1.807) is 39.8 Å². The van der Waals surface area contributed by atoms with E-state index in [9.17, 15) is 19.5 Å². The maximum atomic E-state index is 12.9. The number of carbonyl (C=O) groups is 3. The molecular weight excluding hydrogens is 372 g/mol. The molecule has 158 valence electrons. The number of carbonyl (C=O) groups excluding carboxylic acids is 3. The normalized spacial score (nSPS) is 27.4. The van der Waals surface area contributed by atoms with Crippen LogP contribution in [0.4, 0.5) is 0 Å². The number of ketones is 1. The number of rotatable bonds is 6. The molecule has 1 aliphatic carbocycles. The molecule has 2 rings (SSSR count). The molecule has 0 amide bonds. The average Bonchev–Trinajstić information content (AvgIpc) is 2.58. The molecule has 1 fully saturated rings. The Balaban J connectivity index is 2.50. The summed E-state index contributed by atoms with van der Waals surface area (Å²) in [5, 5.41) is 10.9. The summed E-state index contributed by atoms with van der Waals surface area (Å²) in [4.78, 5) is 38.4. The molecule has 0 unspecified atom stereocenters. The largest absolute Gasteiger partial charge is 0.463 e. The summed E-state index contributed by atoms with van der Waals surface area (Å²) in [6.45, 7) is 8.24. The number of allylic oxidation sites excluding steroid dienone is 1. The van der Waals surface area contributed by atoms with Crippen molar-refractivity contribution in [3.8, 4) is 0 Å². The van der Waals surface area contributed by atoms with Crippen molar-refractivity contribution >= 4 is 23.8 Å². The van der Waals surface area contributed by atoms with E-state index in [1.165, 1.54) is 6.92 Å². The van der Waals surface area contributed by atoms with Gasteiger partial charge in [-0.2, -0.15) is 0 Å². The molecule has 0 bridgehead atoms. The monoisotopic (exact) mass is 402 g/mol. The number of ether oxygens (including phenoxy) is 2. The van der Waals surface area contributed by atoms with Gasteiger partial charge in [0.05, 0.1) is 23.7 Å². The molecule has 4 atom stereocenters. The molecule has 1 aromatic carbocycles. The number of hydrogen-bond acceptors (Lipinski definition) is 6. The van der Waals surface area contributed by atoms with Crippen LogP contribution in [0.25, 0.3) is 6.08 Å². The Hall–Kier alpha value is -2.47. The predicted molar refractivity (Wildman–Crippen MR) is 109 cm³/mol. The Morgan fingerprint density at radius 3 is 2.17 bits per heavy atom. The first kappa shape index (κ1) is 22.8. The lowest BCUT2D eigenvalue weighted by atomic mass is 9.63. The molecule has 0 aliphatic heterocycles. The Kier molecular flexibility index (Phi) is 7.36. The van der Waals surface area contributed by atoms with Gasteiger partial charge >= 0.3 is 11.9 Å². The van der Waals surface area contributed by atoms with Crippen LogP contribution in [0.3, 0.4) is 0 Å². The zero-order chi connectivity index (χ0) is 21.8. The van der Waals surface area contributed by atoms with E-state index < -0.39 is 53.3 Å². The van der Waals surface area contributed by atoms with Gasteiger partial charge in [0.1, 0.15) is 5.92 Å². The topological polar surface area (TPSA) is 89.9 Å². The molecule has 0 heterocycles. The van der Waals surface area contributed by atoms with E-state index in [4.69, 9.17) is 9.47 Å². The molecule has 0 aromatic heterocycles. The maximum absolute atomic E-state index is 12.9. The van der Waals surface area contributed by atoms with Crippen LogP contribution in [0.1, 0.15) is 46.6 Å². The molecule has 6 nitrogen and oxygen atoms in total. The highest BCUT2D eigenvalue weighted by atomic mass is 16.5. The van der Waals surface area contributed by atoms with Gasteiger partial charge in [-0.15, -0.1) is 0 Å². The molecule has 0 saturated heterocycles. The fourth-order valence-corrected chi connectivity index (χ4v) is 3.71. The van der Waals surface area contributed by atoms with Gasteiger partial charge in [-0.3, -0.25) is 14.4 Å². The molecular formula is C23H30O6. The highest BCUT2D eigenvalue weighted by Gasteiger charge is 2.56. The molecule has 1 aromatic rings. The molecule has 1 aliphatic rings. The summed E-state index contributed by atoms with van der Waals surface area (Å²) in [5.41, 5.74) is -0.791. The summed E-state index contributed by atoms with van der Waals surface area (Å²) < 4.78 is 10.6. The summed E-state index contributed by atoms with van der Waals surface area (Å²) in [6, 6.07) is 9.32. The summed E-state index contributed by atoms with van der Waals surface area (Å²) in [5.74, 6) is -4.91. The van der Waals surface area contributed by atoms with Crippen LogP contribution in [0.5, 0.6) is 0 Å². The van der Waals surface area contributed by atoms with Crippen LogP contribution >= 0.6 is 0 Å². The number of esters is 2. The van der Waals surface area contributed by atoms with Crippen molar-refractivity contribution < 1.29 is 29.0 Å². The van der Waals surface area contributed by atoms with Crippen LogP contribution in [0, 0.1) is 17.8 Å². The second-order valence-electron chi connectivity index (χ2n) is 8.27. The second-order valence-corrected chi connectivity index (χ2v) is 8.27. The minimum absolute atomic E-state index is 0.321. The minimum atomic E-state index is -1.64. The summed E-state index contributed by atoms with van der Waals surface area (Å²) in [6.07, 6.45) is 2.26. The van der Waals surface area contributed by atoms with Gasteiger partial charge in [0.15, 0.2) is 5.78 Å². The van der Waals surface area contributed by atoms with Gasteiger partial charge in [-0.25, -0.2) is 0 Å². The molecule has 6 heteroatoms. The summed E-state index contributed by atoms with van der Waals surface area (Å²) >= 11 is 0. The molecule has 0 spiro atoms. The first-order chi connectivity index (χ1) is 13.5. The van der Waals surface area contributed by atoms with E-state index in [2.05, 4.69) is 0 Å². The Morgan fingerprint density at radius 2 is 1.62 bits per heavy atom. The number of aliphatic hydroxyl groups is 1. The minimum Gasteiger partial charge on any atom is -0.463 e. The Bertz CT molecular complexity index is 755. The van der Waals surface area contributed by atoms with E-state index >= 15 is 0 Å².